The number of rotatable bonds is 4. The average molecular weight is 235 g/mol. The van der Waals surface area contributed by atoms with Crippen molar-refractivity contribution in [1.82, 2.24) is 9.88 Å². The molecule has 1 aromatic rings. The van der Waals surface area contributed by atoms with Crippen molar-refractivity contribution in [3.63, 3.8) is 0 Å². The summed E-state index contributed by atoms with van der Waals surface area (Å²) < 4.78 is 5.64. The van der Waals surface area contributed by atoms with Crippen molar-refractivity contribution >= 4 is 5.69 Å². The molecule has 1 fully saturated rings. The van der Waals surface area contributed by atoms with Crippen LogP contribution in [0, 0.1) is 0 Å². The third-order valence-electron chi connectivity index (χ3n) is 3.16. The second kappa shape index (κ2) is 5.98. The van der Waals surface area contributed by atoms with Crippen LogP contribution >= 0.6 is 0 Å². The molecular weight excluding hydrogens is 214 g/mol. The van der Waals surface area contributed by atoms with E-state index in [0.717, 1.165) is 50.5 Å². The van der Waals surface area contributed by atoms with Gasteiger partial charge in [-0.15, -0.1) is 0 Å². The molecule has 0 bridgehead atoms. The summed E-state index contributed by atoms with van der Waals surface area (Å²) in [6.07, 6.45) is 4.47. The SMILES string of the molecule is CCOC1CCN(Cc2cc(N)ccn2)CC1. The minimum Gasteiger partial charge on any atom is -0.399 e. The molecule has 1 aliphatic heterocycles. The van der Waals surface area contributed by atoms with Crippen molar-refractivity contribution in [1.29, 1.82) is 0 Å². The first-order chi connectivity index (χ1) is 8.28. The van der Waals surface area contributed by atoms with Crippen molar-refractivity contribution in [3.05, 3.63) is 24.0 Å². The lowest BCUT2D eigenvalue weighted by Gasteiger charge is -2.31. The van der Waals surface area contributed by atoms with Gasteiger partial charge in [-0.1, -0.05) is 0 Å². The van der Waals surface area contributed by atoms with Crippen molar-refractivity contribution in [2.45, 2.75) is 32.4 Å². The molecule has 94 valence electrons. The molecule has 0 saturated carbocycles. The first-order valence-corrected chi connectivity index (χ1v) is 6.32. The Hall–Kier alpha value is -1.13. The van der Waals surface area contributed by atoms with E-state index in [1.807, 2.05) is 12.1 Å². The van der Waals surface area contributed by atoms with E-state index in [0.29, 0.717) is 6.10 Å². The van der Waals surface area contributed by atoms with Gasteiger partial charge < -0.3 is 10.5 Å². The molecule has 1 aliphatic rings. The van der Waals surface area contributed by atoms with Crippen LogP contribution in [0.4, 0.5) is 5.69 Å². The summed E-state index contributed by atoms with van der Waals surface area (Å²) in [6.45, 7) is 5.94. The molecule has 0 radical (unpaired) electrons. The number of hydrogen-bond donors (Lipinski definition) is 1. The second-order valence-electron chi connectivity index (χ2n) is 4.51. The van der Waals surface area contributed by atoms with Gasteiger partial charge in [0.25, 0.3) is 0 Å². The van der Waals surface area contributed by atoms with Crippen LogP contribution < -0.4 is 5.73 Å². The summed E-state index contributed by atoms with van der Waals surface area (Å²) in [5, 5.41) is 0. The highest BCUT2D eigenvalue weighted by Gasteiger charge is 2.19. The second-order valence-corrected chi connectivity index (χ2v) is 4.51. The van der Waals surface area contributed by atoms with Gasteiger partial charge in [0.1, 0.15) is 0 Å². The molecular formula is C13H21N3O. The summed E-state index contributed by atoms with van der Waals surface area (Å²) in [5.41, 5.74) is 7.59. The Morgan fingerprint density at radius 3 is 2.88 bits per heavy atom. The van der Waals surface area contributed by atoms with Crippen LogP contribution in [0.25, 0.3) is 0 Å². The van der Waals surface area contributed by atoms with Gasteiger partial charge in [0.2, 0.25) is 0 Å². The highest BCUT2D eigenvalue weighted by atomic mass is 16.5. The molecule has 17 heavy (non-hydrogen) atoms. The molecule has 4 heteroatoms. The fourth-order valence-electron chi connectivity index (χ4n) is 2.28. The lowest BCUT2D eigenvalue weighted by Crippen LogP contribution is -2.36. The van der Waals surface area contributed by atoms with E-state index in [4.69, 9.17) is 10.5 Å². The molecule has 2 heterocycles. The zero-order valence-corrected chi connectivity index (χ0v) is 10.4. The number of likely N-dealkylation sites (tertiary alicyclic amines) is 1. The van der Waals surface area contributed by atoms with Crippen LogP contribution in [0.3, 0.4) is 0 Å². The maximum atomic E-state index is 5.75. The maximum absolute atomic E-state index is 5.75. The van der Waals surface area contributed by atoms with Gasteiger partial charge in [0.05, 0.1) is 11.8 Å². The molecule has 0 aliphatic carbocycles. The molecule has 2 rings (SSSR count). The molecule has 1 saturated heterocycles. The van der Waals surface area contributed by atoms with Crippen LogP contribution in [0.15, 0.2) is 18.3 Å². The lowest BCUT2D eigenvalue weighted by molar-refractivity contribution is 0.0123. The fraction of sp³-hybridized carbons (Fsp3) is 0.615. The first-order valence-electron chi connectivity index (χ1n) is 6.32. The Kier molecular flexibility index (Phi) is 4.34. The number of hydrogen-bond acceptors (Lipinski definition) is 4. The third-order valence-corrected chi connectivity index (χ3v) is 3.16. The molecule has 2 N–H and O–H groups in total. The zero-order chi connectivity index (χ0) is 12.1. The highest BCUT2D eigenvalue weighted by Crippen LogP contribution is 2.16. The Balaban J connectivity index is 1.82. The molecule has 0 atom stereocenters. The molecule has 0 aromatic carbocycles. The van der Waals surface area contributed by atoms with Crippen molar-refractivity contribution in [2.24, 2.45) is 0 Å². The number of nitrogens with two attached hydrogens (primary N) is 1. The third kappa shape index (κ3) is 3.68. The van der Waals surface area contributed by atoms with E-state index in [9.17, 15) is 0 Å². The van der Waals surface area contributed by atoms with Gasteiger partial charge in [0, 0.05) is 38.1 Å². The van der Waals surface area contributed by atoms with Gasteiger partial charge in [0.15, 0.2) is 0 Å². The van der Waals surface area contributed by atoms with E-state index < -0.39 is 0 Å². The number of anilines is 1. The monoisotopic (exact) mass is 235 g/mol. The van der Waals surface area contributed by atoms with Gasteiger partial charge in [-0.05, 0) is 31.9 Å². The largest absolute Gasteiger partial charge is 0.399 e. The van der Waals surface area contributed by atoms with Crippen molar-refractivity contribution in [2.75, 3.05) is 25.4 Å². The molecule has 0 spiro atoms. The quantitative estimate of drug-likeness (QED) is 0.862. The van der Waals surface area contributed by atoms with E-state index in [1.54, 1.807) is 6.20 Å². The van der Waals surface area contributed by atoms with Crippen molar-refractivity contribution in [3.8, 4) is 0 Å². The van der Waals surface area contributed by atoms with E-state index >= 15 is 0 Å². The van der Waals surface area contributed by atoms with Gasteiger partial charge in [-0.25, -0.2) is 0 Å². The minimum absolute atomic E-state index is 0.449. The fourth-order valence-corrected chi connectivity index (χ4v) is 2.28. The Morgan fingerprint density at radius 2 is 2.24 bits per heavy atom. The van der Waals surface area contributed by atoms with Crippen LogP contribution in [-0.2, 0) is 11.3 Å². The summed E-state index contributed by atoms with van der Waals surface area (Å²) >= 11 is 0. The van der Waals surface area contributed by atoms with Crippen LogP contribution in [-0.4, -0.2) is 35.7 Å². The van der Waals surface area contributed by atoms with Gasteiger partial charge >= 0.3 is 0 Å². The first kappa shape index (κ1) is 12.3. The lowest BCUT2D eigenvalue weighted by atomic mass is 10.1. The molecule has 1 aromatic heterocycles. The van der Waals surface area contributed by atoms with E-state index in [-0.39, 0.29) is 0 Å². The molecule has 0 unspecified atom stereocenters. The summed E-state index contributed by atoms with van der Waals surface area (Å²) in [5.74, 6) is 0. The topological polar surface area (TPSA) is 51.4 Å². The van der Waals surface area contributed by atoms with Gasteiger partial charge in [-0.2, -0.15) is 0 Å². The maximum Gasteiger partial charge on any atom is 0.0599 e. The number of aromatic nitrogens is 1. The summed E-state index contributed by atoms with van der Waals surface area (Å²) in [6, 6.07) is 3.78. The summed E-state index contributed by atoms with van der Waals surface area (Å²) in [7, 11) is 0. The highest BCUT2D eigenvalue weighted by molar-refractivity contribution is 5.37. The summed E-state index contributed by atoms with van der Waals surface area (Å²) in [4.78, 5) is 6.75. The van der Waals surface area contributed by atoms with E-state index in [2.05, 4.69) is 16.8 Å². The minimum atomic E-state index is 0.449. The standard InChI is InChI=1S/C13H21N3O/c1-2-17-13-4-7-16(8-5-13)10-12-9-11(14)3-6-15-12/h3,6,9,13H,2,4-5,7-8,10H2,1H3,(H2,14,15). The number of nitrogen functional groups attached to an aromatic ring is 1. The normalized spacial score (nSPS) is 18.4. The Bertz CT molecular complexity index is 348. The number of piperidine rings is 1. The molecule has 4 nitrogen and oxygen atoms in total. The smallest absolute Gasteiger partial charge is 0.0599 e. The molecule has 0 amide bonds. The van der Waals surface area contributed by atoms with Gasteiger partial charge in [-0.3, -0.25) is 9.88 Å². The van der Waals surface area contributed by atoms with Crippen LogP contribution in [0.2, 0.25) is 0 Å². The Labute approximate surface area is 103 Å². The predicted octanol–water partition coefficient (Wildman–Crippen LogP) is 1.66. The number of nitrogens with zero attached hydrogens (tertiary/aromatic N) is 2. The number of ether oxygens (including phenoxy) is 1. The van der Waals surface area contributed by atoms with Crippen LogP contribution in [0.5, 0.6) is 0 Å². The Morgan fingerprint density at radius 1 is 1.47 bits per heavy atom. The zero-order valence-electron chi connectivity index (χ0n) is 10.4. The number of pyridine rings is 1. The average Bonchev–Trinajstić information content (AvgIpc) is 2.32. The van der Waals surface area contributed by atoms with Crippen LogP contribution in [0.1, 0.15) is 25.5 Å². The van der Waals surface area contributed by atoms with E-state index in [1.165, 1.54) is 0 Å². The predicted molar refractivity (Wildman–Crippen MR) is 68.6 cm³/mol. The van der Waals surface area contributed by atoms with Crippen molar-refractivity contribution < 1.29 is 4.74 Å².